The Kier molecular flexibility index (Phi) is 4.86. The number of rotatable bonds is 6. The summed E-state index contributed by atoms with van der Waals surface area (Å²) in [5.41, 5.74) is 1.08. The molecule has 0 spiro atoms. The van der Waals surface area contributed by atoms with Gasteiger partial charge in [0.05, 0.1) is 5.69 Å². The zero-order chi connectivity index (χ0) is 12.1. The molecule has 1 atom stereocenters. The number of hydrogen-bond donors (Lipinski definition) is 1. The molecular weight excluding hydrogens is 232 g/mol. The molecular formula is C12H22N4S. The number of hydrogen-bond acceptors (Lipinski definition) is 4. The third kappa shape index (κ3) is 4.00. The van der Waals surface area contributed by atoms with Gasteiger partial charge in [-0.1, -0.05) is 18.1 Å². The van der Waals surface area contributed by atoms with E-state index in [1.165, 1.54) is 31.4 Å². The molecule has 0 radical (unpaired) electrons. The van der Waals surface area contributed by atoms with Crippen LogP contribution in [0.2, 0.25) is 0 Å². The summed E-state index contributed by atoms with van der Waals surface area (Å²) in [4.78, 5) is 0. The van der Waals surface area contributed by atoms with Crippen molar-refractivity contribution >= 4 is 11.8 Å². The van der Waals surface area contributed by atoms with E-state index in [1.807, 2.05) is 20.3 Å². The van der Waals surface area contributed by atoms with Crippen molar-refractivity contribution in [2.45, 2.75) is 43.4 Å². The van der Waals surface area contributed by atoms with E-state index in [4.69, 9.17) is 0 Å². The van der Waals surface area contributed by atoms with Gasteiger partial charge in [-0.05, 0) is 19.9 Å². The Balaban J connectivity index is 1.75. The maximum absolute atomic E-state index is 4.15. The Morgan fingerprint density at radius 1 is 1.53 bits per heavy atom. The maximum Gasteiger partial charge on any atom is 0.0842 e. The SMILES string of the molecule is CNC(CSC1CCCC1)Cc1cn(C)nn1. The van der Waals surface area contributed by atoms with Crippen molar-refractivity contribution in [1.29, 1.82) is 0 Å². The number of nitrogens with one attached hydrogen (secondary N) is 1. The van der Waals surface area contributed by atoms with Crippen LogP contribution in [0.1, 0.15) is 31.4 Å². The van der Waals surface area contributed by atoms with Crippen molar-refractivity contribution in [3.05, 3.63) is 11.9 Å². The van der Waals surface area contributed by atoms with Gasteiger partial charge in [0, 0.05) is 36.7 Å². The molecule has 1 aromatic heterocycles. The molecule has 0 aromatic carbocycles. The van der Waals surface area contributed by atoms with E-state index in [0.29, 0.717) is 6.04 Å². The monoisotopic (exact) mass is 254 g/mol. The molecule has 17 heavy (non-hydrogen) atoms. The predicted molar refractivity (Wildman–Crippen MR) is 72.3 cm³/mol. The van der Waals surface area contributed by atoms with Crippen LogP contribution in [-0.4, -0.2) is 39.1 Å². The summed E-state index contributed by atoms with van der Waals surface area (Å²) in [6, 6.07) is 0.511. The van der Waals surface area contributed by atoms with E-state index in [9.17, 15) is 0 Å². The van der Waals surface area contributed by atoms with Crippen molar-refractivity contribution in [2.75, 3.05) is 12.8 Å². The average molecular weight is 254 g/mol. The average Bonchev–Trinajstić information content (AvgIpc) is 2.96. The molecule has 1 aliphatic rings. The molecule has 1 heterocycles. The van der Waals surface area contributed by atoms with Crippen molar-refractivity contribution in [3.8, 4) is 0 Å². The van der Waals surface area contributed by atoms with Crippen LogP contribution >= 0.6 is 11.8 Å². The fourth-order valence-electron chi connectivity index (χ4n) is 2.29. The van der Waals surface area contributed by atoms with Gasteiger partial charge in [0.2, 0.25) is 0 Å². The van der Waals surface area contributed by atoms with Crippen LogP contribution in [0, 0.1) is 0 Å². The topological polar surface area (TPSA) is 42.7 Å². The van der Waals surface area contributed by atoms with Gasteiger partial charge >= 0.3 is 0 Å². The summed E-state index contributed by atoms with van der Waals surface area (Å²) < 4.78 is 1.77. The zero-order valence-electron chi connectivity index (χ0n) is 10.7. The molecule has 1 aliphatic carbocycles. The van der Waals surface area contributed by atoms with Crippen LogP contribution in [0.5, 0.6) is 0 Å². The Morgan fingerprint density at radius 3 is 2.88 bits per heavy atom. The van der Waals surface area contributed by atoms with Crippen LogP contribution in [0.4, 0.5) is 0 Å². The fourth-order valence-corrected chi connectivity index (χ4v) is 3.75. The fraction of sp³-hybridized carbons (Fsp3) is 0.833. The maximum atomic E-state index is 4.15. The molecule has 96 valence electrons. The highest BCUT2D eigenvalue weighted by Crippen LogP contribution is 2.29. The molecule has 0 aliphatic heterocycles. The lowest BCUT2D eigenvalue weighted by Gasteiger charge is -2.16. The second-order valence-electron chi connectivity index (χ2n) is 4.81. The molecule has 0 saturated heterocycles. The second-order valence-corrected chi connectivity index (χ2v) is 6.15. The molecule has 1 unspecified atom stereocenters. The highest BCUT2D eigenvalue weighted by molar-refractivity contribution is 7.99. The van der Waals surface area contributed by atoms with Crippen LogP contribution in [-0.2, 0) is 13.5 Å². The normalized spacial score (nSPS) is 18.7. The largest absolute Gasteiger partial charge is 0.316 e. The Hall–Kier alpha value is -0.550. The number of nitrogens with zero attached hydrogens (tertiary/aromatic N) is 3. The van der Waals surface area contributed by atoms with Crippen molar-refractivity contribution < 1.29 is 0 Å². The standard InChI is InChI=1S/C12H22N4S/c1-13-11(7-10-8-16(2)15-14-10)9-17-12-5-3-4-6-12/h8,11-13H,3-7,9H2,1-2H3. The second kappa shape index (κ2) is 6.40. The van der Waals surface area contributed by atoms with Crippen LogP contribution in [0.15, 0.2) is 6.20 Å². The lowest BCUT2D eigenvalue weighted by Crippen LogP contribution is -2.30. The quantitative estimate of drug-likeness (QED) is 0.838. The number of likely N-dealkylation sites (N-methyl/N-ethyl adjacent to an activating group) is 1. The van der Waals surface area contributed by atoms with Gasteiger partial charge in [0.25, 0.3) is 0 Å². The van der Waals surface area contributed by atoms with Crippen molar-refractivity contribution in [3.63, 3.8) is 0 Å². The Labute approximate surface area is 108 Å². The predicted octanol–water partition coefficient (Wildman–Crippen LogP) is 1.62. The molecule has 5 heteroatoms. The first-order valence-electron chi connectivity index (χ1n) is 6.42. The third-order valence-electron chi connectivity index (χ3n) is 3.35. The van der Waals surface area contributed by atoms with Gasteiger partial charge in [-0.25, -0.2) is 0 Å². The van der Waals surface area contributed by atoms with Gasteiger partial charge in [-0.2, -0.15) is 11.8 Å². The first-order chi connectivity index (χ1) is 8.28. The molecule has 2 rings (SSSR count). The molecule has 1 aromatic rings. The highest BCUT2D eigenvalue weighted by atomic mass is 32.2. The molecule has 1 N–H and O–H groups in total. The Bertz CT molecular complexity index is 333. The lowest BCUT2D eigenvalue weighted by molar-refractivity contribution is 0.606. The third-order valence-corrected chi connectivity index (χ3v) is 4.89. The molecule has 4 nitrogen and oxygen atoms in total. The summed E-state index contributed by atoms with van der Waals surface area (Å²) in [6.07, 6.45) is 8.64. The van der Waals surface area contributed by atoms with Gasteiger partial charge < -0.3 is 5.32 Å². The number of thioether (sulfide) groups is 1. The number of aromatic nitrogens is 3. The summed E-state index contributed by atoms with van der Waals surface area (Å²) in [5.74, 6) is 1.18. The van der Waals surface area contributed by atoms with Gasteiger partial charge in [0.15, 0.2) is 0 Å². The summed E-state index contributed by atoms with van der Waals surface area (Å²) in [7, 11) is 3.95. The van der Waals surface area contributed by atoms with E-state index < -0.39 is 0 Å². The number of aryl methyl sites for hydroxylation is 1. The van der Waals surface area contributed by atoms with Gasteiger partial charge in [-0.3, -0.25) is 4.68 Å². The summed E-state index contributed by atoms with van der Waals surface area (Å²) in [6.45, 7) is 0. The lowest BCUT2D eigenvalue weighted by atomic mass is 10.2. The first-order valence-corrected chi connectivity index (χ1v) is 7.47. The van der Waals surface area contributed by atoms with Crippen LogP contribution < -0.4 is 5.32 Å². The van der Waals surface area contributed by atoms with Gasteiger partial charge in [-0.15, -0.1) is 5.10 Å². The van der Waals surface area contributed by atoms with Crippen molar-refractivity contribution in [2.24, 2.45) is 7.05 Å². The first kappa shape index (κ1) is 12.9. The minimum Gasteiger partial charge on any atom is -0.316 e. The Morgan fingerprint density at radius 2 is 2.29 bits per heavy atom. The zero-order valence-corrected chi connectivity index (χ0v) is 11.5. The molecule has 1 fully saturated rings. The molecule has 0 amide bonds. The summed E-state index contributed by atoms with van der Waals surface area (Å²) >= 11 is 2.13. The van der Waals surface area contributed by atoms with E-state index in [1.54, 1.807) is 4.68 Å². The minimum absolute atomic E-state index is 0.511. The van der Waals surface area contributed by atoms with E-state index >= 15 is 0 Å². The smallest absolute Gasteiger partial charge is 0.0842 e. The van der Waals surface area contributed by atoms with Gasteiger partial charge in [0.1, 0.15) is 0 Å². The van der Waals surface area contributed by atoms with Crippen LogP contribution in [0.25, 0.3) is 0 Å². The molecule has 0 bridgehead atoms. The van der Waals surface area contributed by atoms with E-state index in [2.05, 4.69) is 27.4 Å². The van der Waals surface area contributed by atoms with E-state index in [0.717, 1.165) is 17.4 Å². The van der Waals surface area contributed by atoms with E-state index in [-0.39, 0.29) is 0 Å². The highest BCUT2D eigenvalue weighted by Gasteiger charge is 2.18. The molecule has 1 saturated carbocycles. The van der Waals surface area contributed by atoms with Crippen molar-refractivity contribution in [1.82, 2.24) is 20.3 Å². The van der Waals surface area contributed by atoms with Crippen LogP contribution in [0.3, 0.4) is 0 Å². The summed E-state index contributed by atoms with van der Waals surface area (Å²) in [5, 5.41) is 12.4. The minimum atomic E-state index is 0.511.